The van der Waals surface area contributed by atoms with Gasteiger partial charge in [-0.25, -0.2) is 15.0 Å². The third-order valence-electron chi connectivity index (χ3n) is 5.09. The third-order valence-corrected chi connectivity index (χ3v) is 5.09. The molecule has 136 valence electrons. The number of imidazole rings is 1. The van der Waals surface area contributed by atoms with Crippen LogP contribution in [-0.4, -0.2) is 64.1 Å². The minimum atomic E-state index is 0.525. The monoisotopic (exact) mass is 351 g/mol. The summed E-state index contributed by atoms with van der Waals surface area (Å²) in [5, 5.41) is 3.28. The number of likely N-dealkylation sites (tertiary alicyclic amines) is 1. The van der Waals surface area contributed by atoms with Gasteiger partial charge in [-0.2, -0.15) is 0 Å². The second-order valence-electron chi connectivity index (χ2n) is 6.76. The van der Waals surface area contributed by atoms with Crippen LogP contribution >= 0.6 is 0 Å². The van der Waals surface area contributed by atoms with E-state index in [0.717, 1.165) is 56.0 Å². The molecule has 1 aliphatic heterocycles. The van der Waals surface area contributed by atoms with Crippen molar-refractivity contribution in [1.29, 1.82) is 0 Å². The lowest BCUT2D eigenvalue weighted by molar-refractivity contribution is 0.217. The van der Waals surface area contributed by atoms with Gasteiger partial charge in [0.25, 0.3) is 0 Å². The number of fused-ring (bicyclic) bond motifs is 1. The molecule has 1 fully saturated rings. The lowest BCUT2D eigenvalue weighted by atomic mass is 10.0. The summed E-state index contributed by atoms with van der Waals surface area (Å²) < 4.78 is 0. The number of benzene rings is 1. The predicted octanol–water partition coefficient (Wildman–Crippen LogP) is 2.37. The first-order chi connectivity index (χ1) is 12.8. The average molecular weight is 351 g/mol. The fourth-order valence-electron chi connectivity index (χ4n) is 3.53. The van der Waals surface area contributed by atoms with Gasteiger partial charge >= 0.3 is 0 Å². The largest absolute Gasteiger partial charge is 0.353 e. The first-order valence-corrected chi connectivity index (χ1v) is 9.20. The zero-order chi connectivity index (χ0) is 17.8. The Kier molecular flexibility index (Phi) is 4.97. The number of hydrogen-bond donors (Lipinski definition) is 2. The van der Waals surface area contributed by atoms with Crippen molar-refractivity contribution in [3.63, 3.8) is 0 Å². The number of anilines is 2. The molecular formula is C19H25N7. The summed E-state index contributed by atoms with van der Waals surface area (Å²) in [7, 11) is 2.15. The SMILES string of the molecule is CN(c1nc2ccccc2[nH]1)C1CCN(CCNc2ncccn2)CC1. The molecule has 1 saturated heterocycles. The van der Waals surface area contributed by atoms with Crippen LogP contribution in [0.2, 0.25) is 0 Å². The van der Waals surface area contributed by atoms with E-state index in [9.17, 15) is 0 Å². The van der Waals surface area contributed by atoms with E-state index in [1.54, 1.807) is 12.4 Å². The average Bonchev–Trinajstić information content (AvgIpc) is 3.13. The minimum Gasteiger partial charge on any atom is -0.353 e. The van der Waals surface area contributed by atoms with Crippen LogP contribution in [0.15, 0.2) is 42.7 Å². The molecule has 0 bridgehead atoms. The van der Waals surface area contributed by atoms with Crippen LogP contribution in [0.5, 0.6) is 0 Å². The quantitative estimate of drug-likeness (QED) is 0.710. The molecule has 26 heavy (non-hydrogen) atoms. The Bertz CT molecular complexity index is 791. The number of nitrogens with zero attached hydrogens (tertiary/aromatic N) is 5. The number of nitrogens with one attached hydrogen (secondary N) is 2. The Morgan fingerprint density at radius 3 is 2.69 bits per heavy atom. The van der Waals surface area contributed by atoms with Crippen LogP contribution in [0.4, 0.5) is 11.9 Å². The molecule has 0 atom stereocenters. The summed E-state index contributed by atoms with van der Waals surface area (Å²) in [4.78, 5) is 21.3. The van der Waals surface area contributed by atoms with Gasteiger partial charge in [0.2, 0.25) is 11.9 Å². The predicted molar refractivity (Wildman–Crippen MR) is 104 cm³/mol. The van der Waals surface area contributed by atoms with E-state index in [4.69, 9.17) is 4.98 Å². The van der Waals surface area contributed by atoms with Crippen LogP contribution in [0.1, 0.15) is 12.8 Å². The van der Waals surface area contributed by atoms with E-state index >= 15 is 0 Å². The fourth-order valence-corrected chi connectivity index (χ4v) is 3.53. The van der Waals surface area contributed by atoms with Gasteiger partial charge in [-0.05, 0) is 31.0 Å². The Labute approximate surface area is 153 Å². The zero-order valence-corrected chi connectivity index (χ0v) is 15.1. The maximum absolute atomic E-state index is 4.72. The molecule has 4 rings (SSSR count). The van der Waals surface area contributed by atoms with Gasteiger partial charge in [0.05, 0.1) is 11.0 Å². The summed E-state index contributed by atoms with van der Waals surface area (Å²) in [6, 6.07) is 10.5. The number of piperidine rings is 1. The molecule has 0 spiro atoms. The molecule has 0 amide bonds. The molecule has 0 radical (unpaired) electrons. The van der Waals surface area contributed by atoms with Crippen molar-refractivity contribution >= 4 is 22.9 Å². The first-order valence-electron chi connectivity index (χ1n) is 9.20. The highest BCUT2D eigenvalue weighted by Gasteiger charge is 2.24. The van der Waals surface area contributed by atoms with E-state index in [-0.39, 0.29) is 0 Å². The van der Waals surface area contributed by atoms with Gasteiger partial charge in [-0.15, -0.1) is 0 Å². The molecule has 3 aromatic rings. The second-order valence-corrected chi connectivity index (χ2v) is 6.76. The van der Waals surface area contributed by atoms with Crippen molar-refractivity contribution in [1.82, 2.24) is 24.8 Å². The lowest BCUT2D eigenvalue weighted by Crippen LogP contribution is -2.45. The Balaban J connectivity index is 1.26. The number of hydrogen-bond acceptors (Lipinski definition) is 6. The lowest BCUT2D eigenvalue weighted by Gasteiger charge is -2.36. The summed E-state index contributed by atoms with van der Waals surface area (Å²) in [6.07, 6.45) is 5.81. The molecule has 2 aromatic heterocycles. The summed E-state index contributed by atoms with van der Waals surface area (Å²) in [6.45, 7) is 4.09. The number of aromatic amines is 1. The topological polar surface area (TPSA) is 73.0 Å². The van der Waals surface area contributed by atoms with E-state index in [1.165, 1.54) is 0 Å². The van der Waals surface area contributed by atoms with E-state index in [1.807, 2.05) is 18.2 Å². The third kappa shape index (κ3) is 3.77. The molecule has 0 saturated carbocycles. The summed E-state index contributed by atoms with van der Waals surface area (Å²) >= 11 is 0. The van der Waals surface area contributed by atoms with Crippen molar-refractivity contribution in [3.05, 3.63) is 42.7 Å². The van der Waals surface area contributed by atoms with Gasteiger partial charge in [0.1, 0.15) is 0 Å². The number of para-hydroxylation sites is 2. The minimum absolute atomic E-state index is 0.525. The summed E-state index contributed by atoms with van der Waals surface area (Å²) in [5.74, 6) is 1.67. The standard InChI is InChI=1S/C19H25N7/c1-25(19-23-16-5-2-3-6-17(16)24-19)15-7-12-26(13-8-15)14-11-22-18-20-9-4-10-21-18/h2-6,9-10,15H,7-8,11-14H2,1H3,(H,23,24)(H,20,21,22). The summed E-state index contributed by atoms with van der Waals surface area (Å²) in [5.41, 5.74) is 2.13. The molecular weight excluding hydrogens is 326 g/mol. The Morgan fingerprint density at radius 2 is 1.92 bits per heavy atom. The normalized spacial score (nSPS) is 16.0. The number of rotatable bonds is 6. The van der Waals surface area contributed by atoms with E-state index < -0.39 is 0 Å². The molecule has 7 heteroatoms. The Hall–Kier alpha value is -2.67. The van der Waals surface area contributed by atoms with Crippen LogP contribution in [0, 0.1) is 0 Å². The molecule has 1 aliphatic rings. The second kappa shape index (κ2) is 7.70. The van der Waals surface area contributed by atoms with Crippen LogP contribution < -0.4 is 10.2 Å². The van der Waals surface area contributed by atoms with Gasteiger partial charge in [0.15, 0.2) is 0 Å². The zero-order valence-electron chi connectivity index (χ0n) is 15.1. The molecule has 0 unspecified atom stereocenters. The van der Waals surface area contributed by atoms with Gasteiger partial charge in [-0.3, -0.25) is 0 Å². The smallest absolute Gasteiger partial charge is 0.222 e. The van der Waals surface area contributed by atoms with Crippen molar-refractivity contribution in [3.8, 4) is 0 Å². The molecule has 2 N–H and O–H groups in total. The molecule has 0 aliphatic carbocycles. The van der Waals surface area contributed by atoms with E-state index in [2.05, 4.69) is 49.2 Å². The Morgan fingerprint density at radius 1 is 1.15 bits per heavy atom. The van der Waals surface area contributed by atoms with Crippen LogP contribution in [0.25, 0.3) is 11.0 Å². The molecule has 1 aromatic carbocycles. The van der Waals surface area contributed by atoms with Crippen molar-refractivity contribution in [2.24, 2.45) is 0 Å². The highest BCUT2D eigenvalue weighted by Crippen LogP contribution is 2.22. The van der Waals surface area contributed by atoms with Crippen LogP contribution in [-0.2, 0) is 0 Å². The molecule has 7 nitrogen and oxygen atoms in total. The number of H-pyrrole nitrogens is 1. The highest BCUT2D eigenvalue weighted by atomic mass is 15.3. The van der Waals surface area contributed by atoms with E-state index in [0.29, 0.717) is 12.0 Å². The number of aromatic nitrogens is 4. The van der Waals surface area contributed by atoms with Gasteiger partial charge in [0, 0.05) is 51.7 Å². The van der Waals surface area contributed by atoms with Gasteiger partial charge in [-0.1, -0.05) is 12.1 Å². The van der Waals surface area contributed by atoms with Crippen molar-refractivity contribution in [2.45, 2.75) is 18.9 Å². The fraction of sp³-hybridized carbons (Fsp3) is 0.421. The highest BCUT2D eigenvalue weighted by molar-refractivity contribution is 5.77. The maximum atomic E-state index is 4.72. The molecule has 3 heterocycles. The van der Waals surface area contributed by atoms with Gasteiger partial charge < -0.3 is 20.1 Å². The first kappa shape index (κ1) is 16.8. The van der Waals surface area contributed by atoms with Crippen molar-refractivity contribution < 1.29 is 0 Å². The van der Waals surface area contributed by atoms with Crippen LogP contribution in [0.3, 0.4) is 0 Å². The maximum Gasteiger partial charge on any atom is 0.222 e. The van der Waals surface area contributed by atoms with Crippen molar-refractivity contribution in [2.75, 3.05) is 43.4 Å².